The summed E-state index contributed by atoms with van der Waals surface area (Å²) < 4.78 is 0. The van der Waals surface area contributed by atoms with Crippen LogP contribution in [0.15, 0.2) is 24.3 Å². The first kappa shape index (κ1) is 28.5. The average molecular weight is 512 g/mol. The second-order valence-corrected chi connectivity index (χ2v) is 11.6. The second-order valence-electron chi connectivity index (χ2n) is 11.6. The molecule has 9 heteroatoms. The number of nitriles is 1. The molecule has 1 aliphatic carbocycles. The van der Waals surface area contributed by atoms with Gasteiger partial charge >= 0.3 is 0 Å². The SMILES string of the molecule is CC(C)(C)[C@@H](NC(=O)[C@@H](CC1CCCC1)CN(O)C=O)C(=O)N1CCC(Nc2ccc(C#N)cc2)CC1. The highest BCUT2D eigenvalue weighted by atomic mass is 16.5. The molecule has 1 heterocycles. The number of carbonyl (C=O) groups is 3. The number of benzene rings is 1. The topological polar surface area (TPSA) is 126 Å². The molecule has 0 bridgehead atoms. The van der Waals surface area contributed by atoms with E-state index in [1.807, 2.05) is 37.8 Å². The molecular formula is C28H41N5O4. The van der Waals surface area contributed by atoms with Crippen molar-refractivity contribution in [2.75, 3.05) is 25.0 Å². The van der Waals surface area contributed by atoms with Gasteiger partial charge in [-0.25, -0.2) is 5.06 Å². The molecule has 0 spiro atoms. The van der Waals surface area contributed by atoms with E-state index in [2.05, 4.69) is 16.7 Å². The lowest BCUT2D eigenvalue weighted by Gasteiger charge is -2.39. The van der Waals surface area contributed by atoms with Gasteiger partial charge in [-0.15, -0.1) is 0 Å². The fourth-order valence-electron chi connectivity index (χ4n) is 5.39. The molecule has 3 rings (SSSR count). The molecule has 3 amide bonds. The van der Waals surface area contributed by atoms with Crippen molar-refractivity contribution >= 4 is 23.9 Å². The first-order chi connectivity index (χ1) is 17.6. The minimum atomic E-state index is -0.711. The molecule has 1 saturated carbocycles. The van der Waals surface area contributed by atoms with Crippen molar-refractivity contribution in [2.45, 2.75) is 77.8 Å². The lowest BCUT2D eigenvalue weighted by Crippen LogP contribution is -2.58. The van der Waals surface area contributed by atoms with Crippen LogP contribution in [0.2, 0.25) is 0 Å². The van der Waals surface area contributed by atoms with Gasteiger partial charge in [0.1, 0.15) is 6.04 Å². The normalized spacial score (nSPS) is 18.5. The number of amides is 3. The molecule has 2 fully saturated rings. The molecule has 0 radical (unpaired) electrons. The van der Waals surface area contributed by atoms with Crippen LogP contribution in [0.1, 0.15) is 71.3 Å². The monoisotopic (exact) mass is 511 g/mol. The molecule has 1 aromatic rings. The summed E-state index contributed by atoms with van der Waals surface area (Å²) in [5, 5.41) is 25.8. The zero-order valence-corrected chi connectivity index (χ0v) is 22.3. The number of nitrogens with one attached hydrogen (secondary N) is 2. The second kappa shape index (κ2) is 12.9. The number of hydrogen-bond donors (Lipinski definition) is 3. The number of carbonyl (C=O) groups excluding carboxylic acids is 3. The maximum Gasteiger partial charge on any atom is 0.245 e. The zero-order chi connectivity index (χ0) is 27.0. The van der Waals surface area contributed by atoms with E-state index in [0.717, 1.165) is 44.2 Å². The van der Waals surface area contributed by atoms with Crippen molar-refractivity contribution in [1.82, 2.24) is 15.3 Å². The number of nitrogens with zero attached hydrogens (tertiary/aromatic N) is 3. The summed E-state index contributed by atoms with van der Waals surface area (Å²) in [6.07, 6.45) is 6.82. The van der Waals surface area contributed by atoms with Crippen molar-refractivity contribution in [3.05, 3.63) is 29.8 Å². The first-order valence-electron chi connectivity index (χ1n) is 13.4. The Hall–Kier alpha value is -3.12. The highest BCUT2D eigenvalue weighted by Crippen LogP contribution is 2.31. The van der Waals surface area contributed by atoms with Crippen LogP contribution in [0.3, 0.4) is 0 Å². The summed E-state index contributed by atoms with van der Waals surface area (Å²) in [6.45, 7) is 6.89. The summed E-state index contributed by atoms with van der Waals surface area (Å²) in [6, 6.07) is 8.96. The molecule has 1 aromatic carbocycles. The van der Waals surface area contributed by atoms with Crippen molar-refractivity contribution in [3.63, 3.8) is 0 Å². The Morgan fingerprint density at radius 1 is 1.16 bits per heavy atom. The Bertz CT molecular complexity index is 954. The maximum atomic E-state index is 13.6. The predicted octanol–water partition coefficient (Wildman–Crippen LogP) is 3.54. The van der Waals surface area contributed by atoms with Gasteiger partial charge < -0.3 is 15.5 Å². The van der Waals surface area contributed by atoms with E-state index in [9.17, 15) is 19.6 Å². The first-order valence-corrected chi connectivity index (χ1v) is 13.4. The zero-order valence-electron chi connectivity index (χ0n) is 22.3. The number of piperidine rings is 1. The molecule has 2 atom stereocenters. The number of hydroxylamine groups is 2. The number of likely N-dealkylation sites (tertiary alicyclic amines) is 1. The third-order valence-electron chi connectivity index (χ3n) is 7.58. The highest BCUT2D eigenvalue weighted by molar-refractivity contribution is 5.89. The van der Waals surface area contributed by atoms with E-state index < -0.39 is 17.4 Å². The van der Waals surface area contributed by atoms with Crippen molar-refractivity contribution in [1.29, 1.82) is 5.26 Å². The molecule has 37 heavy (non-hydrogen) atoms. The Kier molecular flexibility index (Phi) is 9.93. The lowest BCUT2D eigenvalue weighted by molar-refractivity contribution is -0.156. The van der Waals surface area contributed by atoms with Gasteiger partial charge in [0.15, 0.2) is 0 Å². The summed E-state index contributed by atoms with van der Waals surface area (Å²) >= 11 is 0. The van der Waals surface area contributed by atoms with Gasteiger partial charge in [-0.05, 0) is 54.9 Å². The van der Waals surface area contributed by atoms with Crippen LogP contribution in [0.25, 0.3) is 0 Å². The fourth-order valence-corrected chi connectivity index (χ4v) is 5.39. The molecule has 9 nitrogen and oxygen atoms in total. The van der Waals surface area contributed by atoms with Crippen LogP contribution >= 0.6 is 0 Å². The molecular weight excluding hydrogens is 470 g/mol. The molecule has 202 valence electrons. The Labute approximate surface area is 220 Å². The smallest absolute Gasteiger partial charge is 0.245 e. The maximum absolute atomic E-state index is 13.6. The summed E-state index contributed by atoms with van der Waals surface area (Å²) in [7, 11) is 0. The lowest BCUT2D eigenvalue weighted by atomic mass is 9.84. The third-order valence-corrected chi connectivity index (χ3v) is 7.58. The fraction of sp³-hybridized carbons (Fsp3) is 0.643. The predicted molar refractivity (Wildman–Crippen MR) is 140 cm³/mol. The van der Waals surface area contributed by atoms with E-state index in [4.69, 9.17) is 5.26 Å². The van der Waals surface area contributed by atoms with E-state index in [1.165, 1.54) is 0 Å². The summed E-state index contributed by atoms with van der Waals surface area (Å²) in [5.41, 5.74) is 1.06. The van der Waals surface area contributed by atoms with Crippen LogP contribution < -0.4 is 10.6 Å². The molecule has 1 saturated heterocycles. The van der Waals surface area contributed by atoms with Gasteiger partial charge in [0.05, 0.1) is 24.1 Å². The molecule has 1 aliphatic heterocycles. The summed E-state index contributed by atoms with van der Waals surface area (Å²) in [5.74, 6) is -0.576. The standard InChI is InChI=1S/C28H41N5O4/c1-28(2,3)25(31-26(35)22(18-33(37)19-34)16-20-6-4-5-7-20)27(36)32-14-12-24(13-15-32)30-23-10-8-21(17-29)9-11-23/h8-11,19-20,22,24-25,30,37H,4-7,12-16,18H2,1-3H3,(H,31,35)/t22-,25-/m0/s1. The van der Waals surface area contributed by atoms with Crippen LogP contribution in [-0.2, 0) is 14.4 Å². The van der Waals surface area contributed by atoms with Gasteiger partial charge in [0, 0.05) is 24.8 Å². The van der Waals surface area contributed by atoms with Crippen molar-refractivity contribution in [2.24, 2.45) is 17.3 Å². The van der Waals surface area contributed by atoms with Crippen molar-refractivity contribution < 1.29 is 19.6 Å². The minimum Gasteiger partial charge on any atom is -0.382 e. The number of hydrogen-bond acceptors (Lipinski definition) is 6. The molecule has 0 aromatic heterocycles. The minimum absolute atomic E-state index is 0.0801. The van der Waals surface area contributed by atoms with Gasteiger partial charge in [-0.3, -0.25) is 19.6 Å². The highest BCUT2D eigenvalue weighted by Gasteiger charge is 2.38. The average Bonchev–Trinajstić information content (AvgIpc) is 3.39. The Balaban J connectivity index is 1.61. The quantitative estimate of drug-likeness (QED) is 0.251. The van der Waals surface area contributed by atoms with Gasteiger partial charge in [0.25, 0.3) is 0 Å². The van der Waals surface area contributed by atoms with Crippen molar-refractivity contribution in [3.8, 4) is 6.07 Å². The Morgan fingerprint density at radius 2 is 1.78 bits per heavy atom. The van der Waals surface area contributed by atoms with Crippen LogP contribution in [0.5, 0.6) is 0 Å². The largest absolute Gasteiger partial charge is 0.382 e. The summed E-state index contributed by atoms with van der Waals surface area (Å²) in [4.78, 5) is 39.8. The van der Waals surface area contributed by atoms with Crippen LogP contribution in [0, 0.1) is 28.6 Å². The van der Waals surface area contributed by atoms with E-state index in [0.29, 0.717) is 42.5 Å². The molecule has 0 unspecified atom stereocenters. The van der Waals surface area contributed by atoms with Gasteiger partial charge in [0.2, 0.25) is 18.2 Å². The van der Waals surface area contributed by atoms with Crippen LogP contribution in [0.4, 0.5) is 5.69 Å². The molecule has 3 N–H and O–H groups in total. The number of anilines is 1. The number of rotatable bonds is 10. The third kappa shape index (κ3) is 8.19. The van der Waals surface area contributed by atoms with E-state index in [1.54, 1.807) is 12.1 Å². The van der Waals surface area contributed by atoms with E-state index in [-0.39, 0.29) is 24.4 Å². The van der Waals surface area contributed by atoms with Crippen LogP contribution in [-0.4, -0.2) is 65.1 Å². The van der Waals surface area contributed by atoms with E-state index >= 15 is 0 Å². The van der Waals surface area contributed by atoms with Gasteiger partial charge in [-0.1, -0.05) is 46.5 Å². The molecule has 2 aliphatic rings. The van der Waals surface area contributed by atoms with Gasteiger partial charge in [-0.2, -0.15) is 5.26 Å². The Morgan fingerprint density at radius 3 is 2.32 bits per heavy atom.